The number of piperidine rings is 1. The maximum Gasteiger partial charge on any atom is 0.253 e. The number of amides is 1. The van der Waals surface area contributed by atoms with E-state index in [-0.39, 0.29) is 5.91 Å². The van der Waals surface area contributed by atoms with E-state index in [0.717, 1.165) is 51.9 Å². The number of imidazole rings is 1. The number of benzene rings is 2. The molecule has 0 saturated carbocycles. The Morgan fingerprint density at radius 2 is 1.92 bits per heavy atom. The third-order valence-corrected chi connectivity index (χ3v) is 5.32. The summed E-state index contributed by atoms with van der Waals surface area (Å²) in [5, 5.41) is 0. The Kier molecular flexibility index (Phi) is 4.26. The van der Waals surface area contributed by atoms with Gasteiger partial charge in [0.15, 0.2) is 0 Å². The molecule has 1 aliphatic heterocycles. The lowest BCUT2D eigenvalue weighted by Gasteiger charge is -2.31. The van der Waals surface area contributed by atoms with Crippen molar-refractivity contribution in [2.45, 2.75) is 18.8 Å². The van der Waals surface area contributed by atoms with E-state index < -0.39 is 0 Å². The number of H-pyrrole nitrogens is 1. The molecule has 0 radical (unpaired) electrons. The van der Waals surface area contributed by atoms with Gasteiger partial charge in [0, 0.05) is 28.1 Å². The van der Waals surface area contributed by atoms with Crippen molar-refractivity contribution in [3.63, 3.8) is 0 Å². The number of fused-ring (bicyclic) bond motifs is 1. The van der Waals surface area contributed by atoms with Crippen LogP contribution in [0.5, 0.6) is 0 Å². The van der Waals surface area contributed by atoms with Crippen LogP contribution in [0.15, 0.2) is 48.5 Å². The third kappa shape index (κ3) is 3.05. The molecule has 0 unspecified atom stereocenters. The summed E-state index contributed by atoms with van der Waals surface area (Å²) in [7, 11) is 0. The lowest BCUT2D eigenvalue weighted by Crippen LogP contribution is -2.38. The summed E-state index contributed by atoms with van der Waals surface area (Å²) in [5.74, 6) is 1.59. The number of carbonyl (C=O) groups excluding carboxylic acids is 1. The molecule has 0 spiro atoms. The monoisotopic (exact) mass is 431 g/mol. The maximum absolute atomic E-state index is 12.6. The van der Waals surface area contributed by atoms with E-state index in [2.05, 4.69) is 33.6 Å². The average molecular weight is 431 g/mol. The topological polar surface area (TPSA) is 49.0 Å². The van der Waals surface area contributed by atoms with E-state index in [1.54, 1.807) is 0 Å². The van der Waals surface area contributed by atoms with Gasteiger partial charge in [-0.15, -0.1) is 0 Å². The summed E-state index contributed by atoms with van der Waals surface area (Å²) in [5.41, 5.74) is 2.89. The normalized spacial score (nSPS) is 15.8. The van der Waals surface area contributed by atoms with Crippen LogP contribution in [0, 0.1) is 3.57 Å². The van der Waals surface area contributed by atoms with E-state index in [9.17, 15) is 4.79 Å². The van der Waals surface area contributed by atoms with Crippen LogP contribution in [0.25, 0.3) is 11.0 Å². The smallest absolute Gasteiger partial charge is 0.253 e. The fraction of sp³-hybridized carbons (Fsp3) is 0.263. The van der Waals surface area contributed by atoms with Gasteiger partial charge in [-0.2, -0.15) is 0 Å². The maximum atomic E-state index is 12.6. The van der Waals surface area contributed by atoms with Crippen molar-refractivity contribution >= 4 is 39.5 Å². The average Bonchev–Trinajstić information content (AvgIpc) is 3.05. The highest BCUT2D eigenvalue weighted by atomic mass is 127. The number of hydrogen-bond donors (Lipinski definition) is 1. The molecular formula is C19H18IN3O. The molecule has 24 heavy (non-hydrogen) atoms. The lowest BCUT2D eigenvalue weighted by atomic mass is 9.95. The highest BCUT2D eigenvalue weighted by molar-refractivity contribution is 14.1. The molecule has 2 heterocycles. The number of hydrogen-bond acceptors (Lipinski definition) is 2. The Balaban J connectivity index is 1.45. The van der Waals surface area contributed by atoms with Gasteiger partial charge in [0.2, 0.25) is 0 Å². The largest absolute Gasteiger partial charge is 0.342 e. The van der Waals surface area contributed by atoms with E-state index in [4.69, 9.17) is 4.98 Å². The first-order valence-electron chi connectivity index (χ1n) is 8.20. The van der Waals surface area contributed by atoms with Gasteiger partial charge < -0.3 is 9.88 Å². The summed E-state index contributed by atoms with van der Waals surface area (Å²) in [4.78, 5) is 22.7. The van der Waals surface area contributed by atoms with Crippen molar-refractivity contribution < 1.29 is 4.79 Å². The third-order valence-electron chi connectivity index (χ3n) is 4.65. The minimum absolute atomic E-state index is 0.136. The summed E-state index contributed by atoms with van der Waals surface area (Å²) in [6, 6.07) is 15.9. The standard InChI is InChI=1S/C19H18IN3O/c20-15-5-3-4-14(12-15)19(24)23-10-8-13(9-11-23)18-21-16-6-1-2-7-17(16)22-18/h1-7,12-13H,8-11H2,(H,21,22). The van der Waals surface area contributed by atoms with Crippen molar-refractivity contribution in [1.29, 1.82) is 0 Å². The first kappa shape index (κ1) is 15.6. The predicted molar refractivity (Wildman–Crippen MR) is 103 cm³/mol. The number of para-hydroxylation sites is 2. The zero-order chi connectivity index (χ0) is 16.5. The molecule has 1 aliphatic rings. The Morgan fingerprint density at radius 1 is 1.12 bits per heavy atom. The van der Waals surface area contributed by atoms with Gasteiger partial charge in [-0.05, 0) is 65.8 Å². The quantitative estimate of drug-likeness (QED) is 0.619. The van der Waals surface area contributed by atoms with Gasteiger partial charge in [0.05, 0.1) is 11.0 Å². The van der Waals surface area contributed by atoms with Crippen molar-refractivity contribution in [3.05, 3.63) is 63.5 Å². The van der Waals surface area contributed by atoms with Crippen LogP contribution in [-0.2, 0) is 0 Å². The number of carbonyl (C=O) groups is 1. The van der Waals surface area contributed by atoms with E-state index >= 15 is 0 Å². The summed E-state index contributed by atoms with van der Waals surface area (Å²) < 4.78 is 1.09. The van der Waals surface area contributed by atoms with Gasteiger partial charge in [0.1, 0.15) is 5.82 Å². The molecule has 0 atom stereocenters. The van der Waals surface area contributed by atoms with Crippen LogP contribution in [0.2, 0.25) is 0 Å². The number of nitrogens with one attached hydrogen (secondary N) is 1. The van der Waals surface area contributed by atoms with Crippen molar-refractivity contribution in [1.82, 2.24) is 14.9 Å². The molecule has 2 aromatic carbocycles. The molecule has 0 aliphatic carbocycles. The van der Waals surface area contributed by atoms with E-state index in [1.807, 2.05) is 47.4 Å². The van der Waals surface area contributed by atoms with Gasteiger partial charge in [-0.25, -0.2) is 4.98 Å². The van der Waals surface area contributed by atoms with Crippen LogP contribution in [0.3, 0.4) is 0 Å². The number of rotatable bonds is 2. The van der Waals surface area contributed by atoms with Crippen LogP contribution in [0.4, 0.5) is 0 Å². The molecule has 4 rings (SSSR count). The van der Waals surface area contributed by atoms with Gasteiger partial charge in [-0.3, -0.25) is 4.79 Å². The van der Waals surface area contributed by atoms with Gasteiger partial charge in [-0.1, -0.05) is 18.2 Å². The second kappa shape index (κ2) is 6.55. The number of halogens is 1. The molecule has 122 valence electrons. The fourth-order valence-electron chi connectivity index (χ4n) is 3.33. The molecule has 1 fully saturated rings. The van der Waals surface area contributed by atoms with E-state index in [0.29, 0.717) is 5.92 Å². The number of aromatic nitrogens is 2. The summed E-state index contributed by atoms with van der Waals surface area (Å²) in [6.07, 6.45) is 1.91. The van der Waals surface area contributed by atoms with E-state index in [1.165, 1.54) is 0 Å². The Labute approximate surface area is 154 Å². The first-order valence-corrected chi connectivity index (χ1v) is 9.28. The highest BCUT2D eigenvalue weighted by Gasteiger charge is 2.26. The fourth-order valence-corrected chi connectivity index (χ4v) is 3.87. The summed E-state index contributed by atoms with van der Waals surface area (Å²) >= 11 is 2.24. The number of aromatic amines is 1. The molecule has 1 aromatic heterocycles. The first-order chi connectivity index (χ1) is 11.7. The predicted octanol–water partition coefficient (Wildman–Crippen LogP) is 4.19. The van der Waals surface area contributed by atoms with Gasteiger partial charge >= 0.3 is 0 Å². The zero-order valence-corrected chi connectivity index (χ0v) is 15.4. The molecule has 1 N–H and O–H groups in total. The molecule has 4 nitrogen and oxygen atoms in total. The minimum atomic E-state index is 0.136. The van der Waals surface area contributed by atoms with Crippen molar-refractivity contribution in [2.75, 3.05) is 13.1 Å². The number of likely N-dealkylation sites (tertiary alicyclic amines) is 1. The molecule has 5 heteroatoms. The Hall–Kier alpha value is -1.89. The van der Waals surface area contributed by atoms with Crippen LogP contribution in [0.1, 0.15) is 34.9 Å². The molecule has 3 aromatic rings. The van der Waals surface area contributed by atoms with Crippen LogP contribution < -0.4 is 0 Å². The molecular weight excluding hydrogens is 413 g/mol. The van der Waals surface area contributed by atoms with Crippen molar-refractivity contribution in [2.24, 2.45) is 0 Å². The highest BCUT2D eigenvalue weighted by Crippen LogP contribution is 2.28. The van der Waals surface area contributed by atoms with Gasteiger partial charge in [0.25, 0.3) is 5.91 Å². The minimum Gasteiger partial charge on any atom is -0.342 e. The molecule has 1 saturated heterocycles. The second-order valence-corrected chi connectivity index (χ2v) is 7.46. The second-order valence-electron chi connectivity index (χ2n) is 6.22. The van der Waals surface area contributed by atoms with Crippen LogP contribution in [-0.4, -0.2) is 33.9 Å². The Morgan fingerprint density at radius 3 is 2.67 bits per heavy atom. The van der Waals surface area contributed by atoms with Crippen LogP contribution >= 0.6 is 22.6 Å². The number of nitrogens with zero attached hydrogens (tertiary/aromatic N) is 2. The summed E-state index contributed by atoms with van der Waals surface area (Å²) in [6.45, 7) is 1.57. The SMILES string of the molecule is O=C(c1cccc(I)c1)N1CCC(c2nc3ccccc3[nH]2)CC1. The molecule has 0 bridgehead atoms. The zero-order valence-electron chi connectivity index (χ0n) is 13.2. The molecule has 1 amide bonds. The Bertz CT molecular complexity index is 848. The van der Waals surface area contributed by atoms with Crippen molar-refractivity contribution in [3.8, 4) is 0 Å². The lowest BCUT2D eigenvalue weighted by molar-refractivity contribution is 0.0711.